The summed E-state index contributed by atoms with van der Waals surface area (Å²) in [5.74, 6) is 0.891. The fraction of sp³-hybridized carbons (Fsp3) is 0.391. The summed E-state index contributed by atoms with van der Waals surface area (Å²) in [5.41, 5.74) is 3.37. The Morgan fingerprint density at radius 3 is 2.57 bits per heavy atom. The molecule has 0 heterocycles. The van der Waals surface area contributed by atoms with Crippen LogP contribution in [0, 0.1) is 11.3 Å². The smallest absolute Gasteiger partial charge is 0.238 e. The molecular weight excluding hydrogens is 366 g/mol. The Morgan fingerprint density at radius 2 is 1.93 bits per heavy atom. The second kappa shape index (κ2) is 9.77. The van der Waals surface area contributed by atoms with E-state index in [1.807, 2.05) is 24.3 Å². The fourth-order valence-corrected chi connectivity index (χ4v) is 3.85. The van der Waals surface area contributed by atoms with Gasteiger partial charge < -0.3 is 5.32 Å². The lowest BCUT2D eigenvalue weighted by Crippen LogP contribution is -2.34. The molecule has 0 aliphatic heterocycles. The van der Waals surface area contributed by atoms with Crippen LogP contribution in [0.25, 0.3) is 0 Å². The van der Waals surface area contributed by atoms with E-state index in [1.54, 1.807) is 0 Å². The highest BCUT2D eigenvalue weighted by Gasteiger charge is 2.30. The van der Waals surface area contributed by atoms with E-state index in [1.165, 1.54) is 22.9 Å². The molecule has 2 aromatic carbocycles. The molecule has 1 saturated carbocycles. The van der Waals surface area contributed by atoms with Gasteiger partial charge in [0.25, 0.3) is 0 Å². The van der Waals surface area contributed by atoms with E-state index in [-0.39, 0.29) is 5.91 Å². The molecule has 1 aliphatic carbocycles. The first-order valence-electron chi connectivity index (χ1n) is 9.78. The van der Waals surface area contributed by atoms with Crippen molar-refractivity contribution in [1.82, 2.24) is 4.90 Å². The van der Waals surface area contributed by atoms with Crippen molar-refractivity contribution in [3.63, 3.8) is 0 Å². The minimum atomic E-state index is -0.00397. The highest BCUT2D eigenvalue weighted by molar-refractivity contribution is 7.99. The molecule has 5 heteroatoms. The number of thioether (sulfide) groups is 1. The summed E-state index contributed by atoms with van der Waals surface area (Å²) < 4.78 is 0. The van der Waals surface area contributed by atoms with Gasteiger partial charge in [-0.3, -0.25) is 9.69 Å². The number of carbonyl (C=O) groups is 1. The summed E-state index contributed by atoms with van der Waals surface area (Å²) >= 11 is 1.44. The number of anilines is 1. The van der Waals surface area contributed by atoms with E-state index < -0.39 is 0 Å². The first-order chi connectivity index (χ1) is 13.6. The molecule has 3 rings (SSSR count). The number of amides is 1. The van der Waals surface area contributed by atoms with Gasteiger partial charge in [0.15, 0.2) is 0 Å². The largest absolute Gasteiger partial charge is 0.324 e. The minimum Gasteiger partial charge on any atom is -0.324 e. The van der Waals surface area contributed by atoms with Crippen molar-refractivity contribution >= 4 is 23.4 Å². The fourth-order valence-electron chi connectivity index (χ4n) is 3.18. The zero-order valence-electron chi connectivity index (χ0n) is 16.5. The van der Waals surface area contributed by atoms with Crippen molar-refractivity contribution in [3.05, 3.63) is 59.7 Å². The lowest BCUT2D eigenvalue weighted by molar-refractivity contribution is -0.117. The Balaban J connectivity index is 1.62. The quantitative estimate of drug-likeness (QED) is 0.607. The molecule has 0 aromatic heterocycles. The van der Waals surface area contributed by atoms with Crippen LogP contribution in [0.5, 0.6) is 0 Å². The van der Waals surface area contributed by atoms with E-state index >= 15 is 0 Å². The lowest BCUT2D eigenvalue weighted by atomic mass is 10.0. The molecule has 0 spiro atoms. The average molecular weight is 394 g/mol. The number of hydrogen-bond donors (Lipinski definition) is 1. The topological polar surface area (TPSA) is 56.1 Å². The van der Waals surface area contributed by atoms with Crippen LogP contribution < -0.4 is 5.32 Å². The van der Waals surface area contributed by atoms with Gasteiger partial charge in [0.2, 0.25) is 5.91 Å². The summed E-state index contributed by atoms with van der Waals surface area (Å²) in [6.45, 7) is 5.57. The Labute approximate surface area is 171 Å². The normalized spacial score (nSPS) is 13.5. The van der Waals surface area contributed by atoms with Gasteiger partial charge in [-0.2, -0.15) is 5.26 Å². The van der Waals surface area contributed by atoms with E-state index in [0.29, 0.717) is 24.3 Å². The Hall–Kier alpha value is -2.29. The highest BCUT2D eigenvalue weighted by Crippen LogP contribution is 2.29. The third-order valence-corrected chi connectivity index (χ3v) is 5.84. The van der Waals surface area contributed by atoms with Crippen molar-refractivity contribution in [2.45, 2.75) is 50.1 Å². The molecule has 28 heavy (non-hydrogen) atoms. The second-order valence-corrected chi connectivity index (χ2v) is 8.54. The molecule has 1 fully saturated rings. The predicted octanol–water partition coefficient (Wildman–Crippen LogP) is 5.03. The molecule has 4 nitrogen and oxygen atoms in total. The molecule has 146 valence electrons. The first-order valence-corrected chi connectivity index (χ1v) is 10.8. The number of rotatable bonds is 9. The summed E-state index contributed by atoms with van der Waals surface area (Å²) in [5, 5.41) is 11.8. The number of nitrogens with one attached hydrogen (secondary N) is 1. The summed E-state index contributed by atoms with van der Waals surface area (Å²) in [6.07, 6.45) is 2.32. The van der Waals surface area contributed by atoms with E-state index in [0.717, 1.165) is 30.0 Å². The number of carbonyl (C=O) groups excluding carboxylic acids is 1. The van der Waals surface area contributed by atoms with Crippen LogP contribution >= 0.6 is 11.8 Å². The average Bonchev–Trinajstić information content (AvgIpc) is 3.52. The zero-order chi connectivity index (χ0) is 19.9. The van der Waals surface area contributed by atoms with Crippen LogP contribution in [-0.2, 0) is 11.3 Å². The molecular formula is C23H27N3OS. The SMILES string of the molecule is CC(C)c1ccc(CN(CC(=O)Nc2ccccc2SCC#N)C2CC2)cc1. The van der Waals surface area contributed by atoms with Gasteiger partial charge in [-0.25, -0.2) is 0 Å². The number of para-hydroxylation sites is 1. The van der Waals surface area contributed by atoms with E-state index in [9.17, 15) is 4.79 Å². The van der Waals surface area contributed by atoms with Crippen LogP contribution in [0.1, 0.15) is 43.7 Å². The molecule has 2 aromatic rings. The molecule has 0 atom stereocenters. The van der Waals surface area contributed by atoms with Gasteiger partial charge in [-0.1, -0.05) is 50.2 Å². The maximum atomic E-state index is 12.7. The van der Waals surface area contributed by atoms with Crippen molar-refractivity contribution in [2.75, 3.05) is 17.6 Å². The van der Waals surface area contributed by atoms with Crippen molar-refractivity contribution in [2.24, 2.45) is 0 Å². The van der Waals surface area contributed by atoms with Gasteiger partial charge >= 0.3 is 0 Å². The number of benzene rings is 2. The summed E-state index contributed by atoms with van der Waals surface area (Å²) in [6, 6.07) is 19.0. The van der Waals surface area contributed by atoms with E-state index in [2.05, 4.69) is 54.4 Å². The first kappa shape index (κ1) is 20.4. The predicted molar refractivity (Wildman–Crippen MR) is 115 cm³/mol. The maximum absolute atomic E-state index is 12.7. The molecule has 0 bridgehead atoms. The lowest BCUT2D eigenvalue weighted by Gasteiger charge is -2.22. The standard InChI is InChI=1S/C23H27N3OS/c1-17(2)19-9-7-18(8-10-19)15-26(20-11-12-20)16-23(27)25-21-5-3-4-6-22(21)28-14-13-24/h3-10,17,20H,11-12,14-16H2,1-2H3,(H,25,27). The molecule has 1 aliphatic rings. The van der Waals surface area contributed by atoms with Crippen LogP contribution in [0.4, 0.5) is 5.69 Å². The molecule has 1 amide bonds. The highest BCUT2D eigenvalue weighted by atomic mass is 32.2. The minimum absolute atomic E-state index is 0.00397. The monoisotopic (exact) mass is 393 g/mol. The van der Waals surface area contributed by atoms with Crippen LogP contribution in [0.2, 0.25) is 0 Å². The van der Waals surface area contributed by atoms with Gasteiger partial charge in [0.05, 0.1) is 24.1 Å². The molecule has 1 N–H and O–H groups in total. The van der Waals surface area contributed by atoms with E-state index in [4.69, 9.17) is 5.26 Å². The number of hydrogen-bond acceptors (Lipinski definition) is 4. The van der Waals surface area contributed by atoms with Gasteiger partial charge in [0.1, 0.15) is 0 Å². The molecule has 0 unspecified atom stereocenters. The van der Waals surface area contributed by atoms with Crippen LogP contribution in [-0.4, -0.2) is 29.1 Å². The van der Waals surface area contributed by atoms with Gasteiger partial charge in [-0.15, -0.1) is 11.8 Å². The third-order valence-electron chi connectivity index (χ3n) is 4.90. The summed E-state index contributed by atoms with van der Waals surface area (Å²) in [7, 11) is 0. The number of nitriles is 1. The van der Waals surface area contributed by atoms with Crippen molar-refractivity contribution in [3.8, 4) is 6.07 Å². The Kier molecular flexibility index (Phi) is 7.13. The van der Waals surface area contributed by atoms with Crippen molar-refractivity contribution < 1.29 is 4.79 Å². The molecule has 0 saturated heterocycles. The maximum Gasteiger partial charge on any atom is 0.238 e. The zero-order valence-corrected chi connectivity index (χ0v) is 17.3. The van der Waals surface area contributed by atoms with Crippen LogP contribution in [0.3, 0.4) is 0 Å². The van der Waals surface area contributed by atoms with Gasteiger partial charge in [0, 0.05) is 17.5 Å². The molecule has 0 radical (unpaired) electrons. The van der Waals surface area contributed by atoms with Crippen LogP contribution in [0.15, 0.2) is 53.4 Å². The number of nitrogens with zero attached hydrogens (tertiary/aromatic N) is 2. The summed E-state index contributed by atoms with van der Waals surface area (Å²) in [4.78, 5) is 15.9. The second-order valence-electron chi connectivity index (χ2n) is 7.52. The third kappa shape index (κ3) is 5.85. The Morgan fingerprint density at radius 1 is 1.21 bits per heavy atom. The Bertz CT molecular complexity index is 838. The van der Waals surface area contributed by atoms with Crippen molar-refractivity contribution in [1.29, 1.82) is 5.26 Å². The van der Waals surface area contributed by atoms with Gasteiger partial charge in [-0.05, 0) is 42.0 Å².